The van der Waals surface area contributed by atoms with Gasteiger partial charge in [0.2, 0.25) is 5.95 Å². The highest BCUT2D eigenvalue weighted by atomic mass is 19.1. The predicted molar refractivity (Wildman–Crippen MR) is 64.1 cm³/mol. The maximum atomic E-state index is 13.4. The van der Waals surface area contributed by atoms with Crippen molar-refractivity contribution in [1.29, 1.82) is 0 Å². The van der Waals surface area contributed by atoms with E-state index in [4.69, 9.17) is 0 Å². The Morgan fingerprint density at radius 2 is 2.00 bits per heavy atom. The maximum absolute atomic E-state index is 13.4. The first kappa shape index (κ1) is 12.7. The highest BCUT2D eigenvalue weighted by Gasteiger charge is 2.10. The molecule has 0 bridgehead atoms. The summed E-state index contributed by atoms with van der Waals surface area (Å²) in [7, 11) is 0. The van der Waals surface area contributed by atoms with E-state index in [1.54, 1.807) is 0 Å². The van der Waals surface area contributed by atoms with Crippen LogP contribution in [0, 0.1) is 5.82 Å². The van der Waals surface area contributed by atoms with Crippen LogP contribution in [0.2, 0.25) is 0 Å². The Balaban J connectivity index is 2.80. The van der Waals surface area contributed by atoms with Crippen molar-refractivity contribution < 1.29 is 4.39 Å². The summed E-state index contributed by atoms with van der Waals surface area (Å²) in [6.07, 6.45) is 3.07. The maximum Gasteiger partial charge on any atom is 0.224 e. The predicted octanol–water partition coefficient (Wildman–Crippen LogP) is 2.65. The minimum atomic E-state index is -0.409. The molecular weight excluding hydrogens is 207 g/mol. The van der Waals surface area contributed by atoms with Gasteiger partial charge in [-0.15, -0.1) is 0 Å². The van der Waals surface area contributed by atoms with Gasteiger partial charge in [-0.3, -0.25) is 0 Å². The molecule has 5 heteroatoms. The van der Waals surface area contributed by atoms with Crippen molar-refractivity contribution in [3.05, 3.63) is 12.0 Å². The molecule has 0 fully saturated rings. The molecule has 90 valence electrons. The molecule has 0 unspecified atom stereocenters. The van der Waals surface area contributed by atoms with Crippen molar-refractivity contribution in [2.24, 2.45) is 0 Å². The van der Waals surface area contributed by atoms with Crippen molar-refractivity contribution in [3.8, 4) is 0 Å². The van der Waals surface area contributed by atoms with Crippen LogP contribution in [0.5, 0.6) is 0 Å². The van der Waals surface area contributed by atoms with Crippen molar-refractivity contribution in [2.45, 2.75) is 39.7 Å². The number of halogens is 1. The van der Waals surface area contributed by atoms with E-state index < -0.39 is 5.82 Å². The molecule has 2 N–H and O–H groups in total. The van der Waals surface area contributed by atoms with E-state index in [1.165, 1.54) is 6.20 Å². The normalized spacial score (nSPS) is 10.6. The summed E-state index contributed by atoms with van der Waals surface area (Å²) in [4.78, 5) is 7.94. The first-order valence-electron chi connectivity index (χ1n) is 5.74. The Labute approximate surface area is 95.7 Å². The molecule has 0 amide bonds. The van der Waals surface area contributed by atoms with Gasteiger partial charge < -0.3 is 10.6 Å². The van der Waals surface area contributed by atoms with Crippen LogP contribution in [-0.2, 0) is 0 Å². The van der Waals surface area contributed by atoms with E-state index in [-0.39, 0.29) is 11.9 Å². The van der Waals surface area contributed by atoms with Gasteiger partial charge in [0.1, 0.15) is 0 Å². The van der Waals surface area contributed by atoms with Crippen LogP contribution in [0.4, 0.5) is 16.2 Å². The third-order valence-electron chi connectivity index (χ3n) is 2.41. The zero-order chi connectivity index (χ0) is 12.0. The number of hydrogen-bond donors (Lipinski definition) is 2. The smallest absolute Gasteiger partial charge is 0.224 e. The lowest BCUT2D eigenvalue weighted by Gasteiger charge is -2.16. The highest BCUT2D eigenvalue weighted by molar-refractivity contribution is 5.41. The second kappa shape index (κ2) is 6.25. The van der Waals surface area contributed by atoms with Gasteiger partial charge in [-0.2, -0.15) is 4.98 Å². The van der Waals surface area contributed by atoms with E-state index in [9.17, 15) is 4.39 Å². The molecule has 0 aliphatic heterocycles. The molecule has 1 rings (SSSR count). The summed E-state index contributed by atoms with van der Waals surface area (Å²) in [6.45, 7) is 6.79. The van der Waals surface area contributed by atoms with Crippen LogP contribution in [-0.4, -0.2) is 22.6 Å². The average Bonchev–Trinajstić information content (AvgIpc) is 2.30. The molecule has 0 saturated carbocycles. The molecule has 4 nitrogen and oxygen atoms in total. The van der Waals surface area contributed by atoms with Crippen molar-refractivity contribution in [3.63, 3.8) is 0 Å². The van der Waals surface area contributed by atoms with Crippen molar-refractivity contribution >= 4 is 11.8 Å². The minimum Gasteiger partial charge on any atom is -0.365 e. The fourth-order valence-corrected chi connectivity index (χ4v) is 1.40. The quantitative estimate of drug-likeness (QED) is 0.783. The standard InChI is InChI=1S/C11H19FN4/c1-4-8(5-2)15-10-9(12)7-14-11(16-10)13-6-3/h7-8H,4-6H2,1-3H3,(H2,13,14,15,16). The highest BCUT2D eigenvalue weighted by Crippen LogP contribution is 2.14. The topological polar surface area (TPSA) is 49.8 Å². The van der Waals surface area contributed by atoms with Crippen molar-refractivity contribution in [1.82, 2.24) is 9.97 Å². The molecule has 16 heavy (non-hydrogen) atoms. The molecule has 1 aromatic rings. The van der Waals surface area contributed by atoms with E-state index in [1.807, 2.05) is 6.92 Å². The number of nitrogens with zero attached hydrogens (tertiary/aromatic N) is 2. The lowest BCUT2D eigenvalue weighted by Crippen LogP contribution is -2.19. The van der Waals surface area contributed by atoms with Crippen LogP contribution in [0.25, 0.3) is 0 Å². The van der Waals surface area contributed by atoms with E-state index in [0.717, 1.165) is 19.4 Å². The van der Waals surface area contributed by atoms with Crippen LogP contribution in [0.1, 0.15) is 33.6 Å². The molecule has 0 atom stereocenters. The van der Waals surface area contributed by atoms with Gasteiger partial charge in [-0.05, 0) is 19.8 Å². The fraction of sp³-hybridized carbons (Fsp3) is 0.636. The average molecular weight is 226 g/mol. The van der Waals surface area contributed by atoms with E-state index in [2.05, 4.69) is 34.4 Å². The summed E-state index contributed by atoms with van der Waals surface area (Å²) in [5.74, 6) is 0.325. The van der Waals surface area contributed by atoms with Gasteiger partial charge in [-0.1, -0.05) is 13.8 Å². The second-order valence-electron chi connectivity index (χ2n) is 3.58. The van der Waals surface area contributed by atoms with Gasteiger partial charge in [0.25, 0.3) is 0 Å². The Morgan fingerprint density at radius 3 is 2.56 bits per heavy atom. The number of aromatic nitrogens is 2. The molecule has 0 aliphatic rings. The molecule has 0 radical (unpaired) electrons. The molecule has 0 spiro atoms. The van der Waals surface area contributed by atoms with Crippen LogP contribution < -0.4 is 10.6 Å². The van der Waals surface area contributed by atoms with Crippen LogP contribution in [0.3, 0.4) is 0 Å². The third-order valence-corrected chi connectivity index (χ3v) is 2.41. The lowest BCUT2D eigenvalue weighted by molar-refractivity contribution is 0.602. The van der Waals surface area contributed by atoms with Gasteiger partial charge in [0.15, 0.2) is 11.6 Å². The van der Waals surface area contributed by atoms with Gasteiger partial charge >= 0.3 is 0 Å². The SMILES string of the molecule is CCNc1ncc(F)c(NC(CC)CC)n1. The second-order valence-corrected chi connectivity index (χ2v) is 3.58. The Bertz CT molecular complexity index is 326. The van der Waals surface area contributed by atoms with Gasteiger partial charge in [-0.25, -0.2) is 9.37 Å². The first-order valence-corrected chi connectivity index (χ1v) is 5.74. The number of rotatable bonds is 6. The van der Waals surface area contributed by atoms with Crippen LogP contribution >= 0.6 is 0 Å². The molecule has 1 aromatic heterocycles. The van der Waals surface area contributed by atoms with E-state index >= 15 is 0 Å². The van der Waals surface area contributed by atoms with E-state index in [0.29, 0.717) is 5.95 Å². The minimum absolute atomic E-state index is 0.249. The number of anilines is 2. The number of hydrogen-bond acceptors (Lipinski definition) is 4. The Kier molecular flexibility index (Phi) is 4.95. The van der Waals surface area contributed by atoms with Crippen molar-refractivity contribution in [2.75, 3.05) is 17.2 Å². The van der Waals surface area contributed by atoms with Crippen LogP contribution in [0.15, 0.2) is 6.20 Å². The summed E-state index contributed by atoms with van der Waals surface area (Å²) >= 11 is 0. The van der Waals surface area contributed by atoms with Gasteiger partial charge in [0.05, 0.1) is 6.20 Å². The lowest BCUT2D eigenvalue weighted by atomic mass is 10.2. The fourth-order valence-electron chi connectivity index (χ4n) is 1.40. The summed E-state index contributed by atoms with van der Waals surface area (Å²) in [5, 5.41) is 6.03. The zero-order valence-electron chi connectivity index (χ0n) is 10.0. The Hall–Kier alpha value is -1.39. The molecule has 1 heterocycles. The monoisotopic (exact) mass is 226 g/mol. The number of nitrogens with one attached hydrogen (secondary N) is 2. The molecule has 0 aromatic carbocycles. The first-order chi connectivity index (χ1) is 7.71. The molecule has 0 saturated heterocycles. The largest absolute Gasteiger partial charge is 0.365 e. The summed E-state index contributed by atoms with van der Waals surface area (Å²) < 4.78 is 13.4. The zero-order valence-corrected chi connectivity index (χ0v) is 10.0. The summed E-state index contributed by atoms with van der Waals surface area (Å²) in [6, 6.07) is 0.249. The van der Waals surface area contributed by atoms with Gasteiger partial charge in [0, 0.05) is 12.6 Å². The summed E-state index contributed by atoms with van der Waals surface area (Å²) in [5.41, 5.74) is 0. The Morgan fingerprint density at radius 1 is 1.31 bits per heavy atom. The molecule has 0 aliphatic carbocycles. The third kappa shape index (κ3) is 3.32. The molecular formula is C11H19FN4.